The third kappa shape index (κ3) is 6.33. The molecule has 1 aromatic carbocycles. The smallest absolute Gasteiger partial charge is 0.319 e. The van der Waals surface area contributed by atoms with E-state index in [9.17, 15) is 14.4 Å². The zero-order valence-corrected chi connectivity index (χ0v) is 14.4. The van der Waals surface area contributed by atoms with Gasteiger partial charge in [0.25, 0.3) is 0 Å². The molecular weight excluding hydrogens is 324 g/mol. The number of carboxylic acids is 1. The maximum atomic E-state index is 12.0. The summed E-state index contributed by atoms with van der Waals surface area (Å²) in [6.07, 6.45) is 1.97. The molecule has 0 aromatic heterocycles. The summed E-state index contributed by atoms with van der Waals surface area (Å²) in [7, 11) is 1.55. The average molecular weight is 348 g/mol. The molecule has 1 aliphatic carbocycles. The van der Waals surface area contributed by atoms with Gasteiger partial charge in [0.1, 0.15) is 0 Å². The lowest BCUT2D eigenvalue weighted by atomic mass is 10.1. The summed E-state index contributed by atoms with van der Waals surface area (Å²) in [4.78, 5) is 35.6. The molecule has 1 aromatic rings. The molecule has 4 amide bonds. The minimum absolute atomic E-state index is 0.0956. The van der Waals surface area contributed by atoms with Gasteiger partial charge in [-0.05, 0) is 37.5 Å². The molecule has 1 aliphatic rings. The molecule has 0 saturated heterocycles. The lowest BCUT2D eigenvalue weighted by Gasteiger charge is -2.21. The summed E-state index contributed by atoms with van der Waals surface area (Å²) in [5, 5.41) is 17.1. The van der Waals surface area contributed by atoms with E-state index in [2.05, 4.69) is 16.0 Å². The lowest BCUT2D eigenvalue weighted by Crippen LogP contribution is -2.39. The zero-order valence-electron chi connectivity index (χ0n) is 14.4. The number of urea groups is 2. The Morgan fingerprint density at radius 2 is 1.88 bits per heavy atom. The summed E-state index contributed by atoms with van der Waals surface area (Å²) in [5.41, 5.74) is 1.56. The van der Waals surface area contributed by atoms with Crippen molar-refractivity contribution >= 4 is 23.7 Å². The van der Waals surface area contributed by atoms with Crippen LogP contribution in [-0.4, -0.2) is 47.7 Å². The van der Waals surface area contributed by atoms with Crippen molar-refractivity contribution in [3.05, 3.63) is 29.8 Å². The molecular formula is C17H24N4O4. The van der Waals surface area contributed by atoms with Crippen molar-refractivity contribution in [2.24, 2.45) is 0 Å². The average Bonchev–Trinajstić information content (AvgIpc) is 3.36. The summed E-state index contributed by atoms with van der Waals surface area (Å²) < 4.78 is 0. The van der Waals surface area contributed by atoms with Crippen LogP contribution >= 0.6 is 0 Å². The van der Waals surface area contributed by atoms with E-state index in [0.717, 1.165) is 18.4 Å². The second-order valence-corrected chi connectivity index (χ2v) is 6.23. The zero-order chi connectivity index (χ0) is 18.4. The van der Waals surface area contributed by atoms with Gasteiger partial charge in [0.05, 0.1) is 12.5 Å². The van der Waals surface area contributed by atoms with Gasteiger partial charge in [-0.2, -0.15) is 0 Å². The Kier molecular flexibility index (Phi) is 6.21. The van der Waals surface area contributed by atoms with E-state index >= 15 is 0 Å². The van der Waals surface area contributed by atoms with E-state index in [1.54, 1.807) is 19.2 Å². The molecule has 2 rings (SSSR count). The van der Waals surface area contributed by atoms with Gasteiger partial charge >= 0.3 is 18.0 Å². The molecule has 1 fully saturated rings. The van der Waals surface area contributed by atoms with Crippen molar-refractivity contribution < 1.29 is 19.5 Å². The lowest BCUT2D eigenvalue weighted by molar-refractivity contribution is -0.137. The predicted molar refractivity (Wildman–Crippen MR) is 93.4 cm³/mol. The van der Waals surface area contributed by atoms with Crippen LogP contribution < -0.4 is 16.0 Å². The van der Waals surface area contributed by atoms with Gasteiger partial charge in [-0.15, -0.1) is 0 Å². The normalized spacial score (nSPS) is 14.3. The van der Waals surface area contributed by atoms with Crippen LogP contribution in [0.1, 0.15) is 37.8 Å². The first-order valence-corrected chi connectivity index (χ1v) is 8.26. The summed E-state index contributed by atoms with van der Waals surface area (Å²) >= 11 is 0. The number of aliphatic carboxylic acids is 1. The number of anilines is 1. The Morgan fingerprint density at radius 1 is 1.24 bits per heavy atom. The van der Waals surface area contributed by atoms with Gasteiger partial charge in [-0.25, -0.2) is 9.59 Å². The van der Waals surface area contributed by atoms with Crippen LogP contribution in [0.15, 0.2) is 24.3 Å². The van der Waals surface area contributed by atoms with Crippen molar-refractivity contribution in [3.8, 4) is 0 Å². The fourth-order valence-electron chi connectivity index (χ4n) is 2.18. The SMILES string of the molecule is CC(NC(=O)N(C)CCC(=O)O)c1ccc(NC(=O)NC2CC2)cc1. The maximum absolute atomic E-state index is 12.0. The van der Waals surface area contributed by atoms with E-state index in [1.807, 2.05) is 19.1 Å². The number of hydrogen-bond donors (Lipinski definition) is 4. The van der Waals surface area contributed by atoms with Gasteiger partial charge in [0.2, 0.25) is 0 Å². The number of amides is 4. The molecule has 1 saturated carbocycles. The van der Waals surface area contributed by atoms with Gasteiger partial charge in [-0.3, -0.25) is 4.79 Å². The van der Waals surface area contributed by atoms with Crippen LogP contribution in [-0.2, 0) is 4.79 Å². The second-order valence-electron chi connectivity index (χ2n) is 6.23. The third-order valence-electron chi connectivity index (χ3n) is 3.93. The molecule has 0 spiro atoms. The van der Waals surface area contributed by atoms with E-state index in [0.29, 0.717) is 11.7 Å². The number of hydrogen-bond acceptors (Lipinski definition) is 3. The van der Waals surface area contributed by atoms with Crippen molar-refractivity contribution in [3.63, 3.8) is 0 Å². The number of nitrogens with one attached hydrogen (secondary N) is 3. The fourth-order valence-corrected chi connectivity index (χ4v) is 2.18. The van der Waals surface area contributed by atoms with Gasteiger partial charge in [-0.1, -0.05) is 12.1 Å². The van der Waals surface area contributed by atoms with Crippen molar-refractivity contribution in [1.29, 1.82) is 0 Å². The van der Waals surface area contributed by atoms with Crippen molar-refractivity contribution in [2.45, 2.75) is 38.3 Å². The monoisotopic (exact) mass is 348 g/mol. The Hall–Kier alpha value is -2.77. The van der Waals surface area contributed by atoms with Gasteiger partial charge in [0.15, 0.2) is 0 Å². The van der Waals surface area contributed by atoms with Gasteiger partial charge in [0, 0.05) is 25.3 Å². The highest BCUT2D eigenvalue weighted by Crippen LogP contribution is 2.19. The first-order valence-electron chi connectivity index (χ1n) is 8.26. The summed E-state index contributed by atoms with van der Waals surface area (Å²) in [5.74, 6) is -0.943. The van der Waals surface area contributed by atoms with Crippen LogP contribution in [0, 0.1) is 0 Å². The van der Waals surface area contributed by atoms with Crippen LogP contribution in [0.5, 0.6) is 0 Å². The fraction of sp³-hybridized carbons (Fsp3) is 0.471. The molecule has 25 heavy (non-hydrogen) atoms. The van der Waals surface area contributed by atoms with E-state index in [4.69, 9.17) is 5.11 Å². The summed E-state index contributed by atoms with van der Waals surface area (Å²) in [6, 6.07) is 6.72. The maximum Gasteiger partial charge on any atom is 0.319 e. The Labute approximate surface area is 146 Å². The molecule has 0 bridgehead atoms. The molecule has 1 atom stereocenters. The second kappa shape index (κ2) is 8.36. The Morgan fingerprint density at radius 3 is 2.44 bits per heavy atom. The first kappa shape index (κ1) is 18.6. The van der Waals surface area contributed by atoms with Crippen molar-refractivity contribution in [2.75, 3.05) is 18.9 Å². The quantitative estimate of drug-likeness (QED) is 0.605. The largest absolute Gasteiger partial charge is 0.481 e. The number of carboxylic acid groups (broad SMARTS) is 1. The van der Waals surface area contributed by atoms with Crippen LogP contribution in [0.4, 0.5) is 15.3 Å². The molecule has 8 heteroatoms. The minimum atomic E-state index is -0.943. The van der Waals surface area contributed by atoms with Crippen LogP contribution in [0.25, 0.3) is 0 Å². The number of carbonyl (C=O) groups excluding carboxylic acids is 2. The third-order valence-corrected chi connectivity index (χ3v) is 3.93. The highest BCUT2D eigenvalue weighted by Gasteiger charge is 2.23. The van der Waals surface area contributed by atoms with Crippen LogP contribution in [0.3, 0.4) is 0 Å². The number of nitrogens with zero attached hydrogens (tertiary/aromatic N) is 1. The molecule has 0 aliphatic heterocycles. The van der Waals surface area contributed by atoms with E-state index in [1.165, 1.54) is 4.90 Å². The molecule has 0 heterocycles. The molecule has 8 nitrogen and oxygen atoms in total. The molecule has 0 radical (unpaired) electrons. The predicted octanol–water partition coefficient (Wildman–Crippen LogP) is 2.15. The van der Waals surface area contributed by atoms with Crippen LogP contribution in [0.2, 0.25) is 0 Å². The molecule has 4 N–H and O–H groups in total. The van der Waals surface area contributed by atoms with E-state index < -0.39 is 5.97 Å². The molecule has 136 valence electrons. The topological polar surface area (TPSA) is 111 Å². The standard InChI is InChI=1S/C17H24N4O4/c1-11(18-17(25)21(2)10-9-15(22)23)12-3-5-13(6-4-12)19-16(24)20-14-7-8-14/h3-6,11,14H,7-10H2,1-2H3,(H,18,25)(H,22,23)(H2,19,20,24). The molecule has 1 unspecified atom stereocenters. The number of rotatable bonds is 7. The van der Waals surface area contributed by atoms with E-state index in [-0.39, 0.29) is 31.1 Å². The number of benzene rings is 1. The highest BCUT2D eigenvalue weighted by atomic mass is 16.4. The minimum Gasteiger partial charge on any atom is -0.481 e. The van der Waals surface area contributed by atoms with Crippen molar-refractivity contribution in [1.82, 2.24) is 15.5 Å². The number of carbonyl (C=O) groups is 3. The Bertz CT molecular complexity index is 628. The Balaban J connectivity index is 1.82. The van der Waals surface area contributed by atoms with Gasteiger partial charge < -0.3 is 26.0 Å². The highest BCUT2D eigenvalue weighted by molar-refractivity contribution is 5.89. The first-order chi connectivity index (χ1) is 11.8. The summed E-state index contributed by atoms with van der Waals surface area (Å²) in [6.45, 7) is 1.98.